The zero-order valence-electron chi connectivity index (χ0n) is 10.0. The van der Waals surface area contributed by atoms with Crippen LogP contribution in [0, 0.1) is 10.1 Å². The zero-order valence-corrected chi connectivity index (χ0v) is 10.8. The maximum atomic E-state index is 11.7. The molecule has 0 aliphatic rings. The Bertz CT molecular complexity index is 412. The normalized spacial score (nSPS) is 9.39. The number of para-hydroxylation sites is 1. The van der Waals surface area contributed by atoms with E-state index in [2.05, 4.69) is 10.6 Å². The molecule has 2 N–H and O–H groups in total. The highest BCUT2D eigenvalue weighted by molar-refractivity contribution is 5.98. The molecule has 0 aliphatic carbocycles. The van der Waals surface area contributed by atoms with E-state index in [4.69, 9.17) is 0 Å². The monoisotopic (exact) mass is 273 g/mol. The third kappa shape index (κ3) is 4.68. The largest absolute Gasteiger partial charge is 0.351 e. The number of carbonyl (C=O) groups excluding carboxylic acids is 1. The number of hydrogen-bond donors (Lipinski definition) is 2. The second kappa shape index (κ2) is 8.43. The number of rotatable bonds is 6. The lowest BCUT2D eigenvalue weighted by Crippen LogP contribution is -2.32. The standard InChI is InChI=1S/C11H15N3O3.ClH/c1-2-12-7-8-13-11(15)9-5-3-4-6-10(9)14(16)17;/h3-6,12H,2,7-8H2,1H3,(H,13,15);1H. The number of benzene rings is 1. The smallest absolute Gasteiger partial charge is 0.282 e. The van der Waals surface area contributed by atoms with Crippen molar-refractivity contribution in [3.05, 3.63) is 39.9 Å². The van der Waals surface area contributed by atoms with Gasteiger partial charge in [0.2, 0.25) is 0 Å². The number of carbonyl (C=O) groups is 1. The van der Waals surface area contributed by atoms with Crippen molar-refractivity contribution in [3.8, 4) is 0 Å². The molecule has 0 heterocycles. The van der Waals surface area contributed by atoms with Crippen molar-refractivity contribution in [3.63, 3.8) is 0 Å². The van der Waals surface area contributed by atoms with Gasteiger partial charge in [-0.15, -0.1) is 12.4 Å². The molecule has 1 aromatic rings. The molecule has 1 rings (SSSR count). The van der Waals surface area contributed by atoms with Crippen LogP contribution < -0.4 is 10.6 Å². The molecular weight excluding hydrogens is 258 g/mol. The van der Waals surface area contributed by atoms with Gasteiger partial charge in [-0.1, -0.05) is 19.1 Å². The van der Waals surface area contributed by atoms with Crippen molar-refractivity contribution in [1.29, 1.82) is 0 Å². The highest BCUT2D eigenvalue weighted by Crippen LogP contribution is 2.16. The second-order valence-corrected chi connectivity index (χ2v) is 3.38. The summed E-state index contributed by atoms with van der Waals surface area (Å²) < 4.78 is 0. The van der Waals surface area contributed by atoms with Crippen LogP contribution in [0.2, 0.25) is 0 Å². The number of halogens is 1. The number of likely N-dealkylation sites (N-methyl/N-ethyl adjacent to an activating group) is 1. The number of nitro groups is 1. The third-order valence-corrected chi connectivity index (χ3v) is 2.18. The van der Waals surface area contributed by atoms with Gasteiger partial charge in [-0.25, -0.2) is 0 Å². The Morgan fingerprint density at radius 3 is 2.61 bits per heavy atom. The lowest BCUT2D eigenvalue weighted by atomic mass is 10.1. The van der Waals surface area contributed by atoms with Gasteiger partial charge in [0, 0.05) is 19.2 Å². The minimum atomic E-state index is -0.556. The van der Waals surface area contributed by atoms with Crippen LogP contribution in [-0.4, -0.2) is 30.5 Å². The fraction of sp³-hybridized carbons (Fsp3) is 0.364. The van der Waals surface area contributed by atoms with Gasteiger partial charge in [0.15, 0.2) is 0 Å². The number of nitrogens with one attached hydrogen (secondary N) is 2. The summed E-state index contributed by atoms with van der Waals surface area (Å²) in [5.41, 5.74) is -0.0811. The summed E-state index contributed by atoms with van der Waals surface area (Å²) >= 11 is 0. The topological polar surface area (TPSA) is 84.3 Å². The van der Waals surface area contributed by atoms with Gasteiger partial charge in [0.25, 0.3) is 11.6 Å². The van der Waals surface area contributed by atoms with Crippen LogP contribution in [0.3, 0.4) is 0 Å². The predicted octanol–water partition coefficient (Wildman–Crippen LogP) is 1.36. The predicted molar refractivity (Wildman–Crippen MR) is 71.2 cm³/mol. The average molecular weight is 274 g/mol. The van der Waals surface area contributed by atoms with Crippen LogP contribution in [0.25, 0.3) is 0 Å². The fourth-order valence-corrected chi connectivity index (χ4v) is 1.36. The molecule has 7 heteroatoms. The summed E-state index contributed by atoms with van der Waals surface area (Å²) in [5.74, 6) is -0.421. The SMILES string of the molecule is CCNCCNC(=O)c1ccccc1[N+](=O)[O-].Cl. The first-order valence-corrected chi connectivity index (χ1v) is 5.39. The molecule has 100 valence electrons. The van der Waals surface area contributed by atoms with Gasteiger partial charge >= 0.3 is 0 Å². The number of nitrogens with zero attached hydrogens (tertiary/aromatic N) is 1. The van der Waals surface area contributed by atoms with E-state index in [1.165, 1.54) is 18.2 Å². The Morgan fingerprint density at radius 1 is 1.33 bits per heavy atom. The minimum absolute atomic E-state index is 0. The summed E-state index contributed by atoms with van der Waals surface area (Å²) in [7, 11) is 0. The summed E-state index contributed by atoms with van der Waals surface area (Å²) in [4.78, 5) is 21.8. The molecule has 0 unspecified atom stereocenters. The van der Waals surface area contributed by atoms with Gasteiger partial charge in [-0.05, 0) is 12.6 Å². The van der Waals surface area contributed by atoms with Crippen molar-refractivity contribution in [2.45, 2.75) is 6.92 Å². The zero-order chi connectivity index (χ0) is 12.7. The molecule has 0 radical (unpaired) electrons. The molecule has 6 nitrogen and oxygen atoms in total. The molecule has 0 aliphatic heterocycles. The summed E-state index contributed by atoms with van der Waals surface area (Å²) in [6.07, 6.45) is 0. The van der Waals surface area contributed by atoms with Gasteiger partial charge in [0.05, 0.1) is 4.92 Å². The molecule has 1 aromatic carbocycles. The molecular formula is C11H16ClN3O3. The van der Waals surface area contributed by atoms with Gasteiger partial charge in [-0.3, -0.25) is 14.9 Å². The van der Waals surface area contributed by atoms with Crippen LogP contribution in [0.4, 0.5) is 5.69 Å². The van der Waals surface area contributed by atoms with Gasteiger partial charge in [0.1, 0.15) is 5.56 Å². The van der Waals surface area contributed by atoms with Crippen molar-refractivity contribution in [2.24, 2.45) is 0 Å². The van der Waals surface area contributed by atoms with E-state index in [0.29, 0.717) is 13.1 Å². The average Bonchev–Trinajstić information content (AvgIpc) is 2.34. The van der Waals surface area contributed by atoms with Crippen LogP contribution in [0.15, 0.2) is 24.3 Å². The quantitative estimate of drug-likeness (QED) is 0.466. The fourth-order valence-electron chi connectivity index (χ4n) is 1.36. The molecule has 1 amide bonds. The van der Waals surface area contributed by atoms with E-state index in [0.717, 1.165) is 6.54 Å². The Morgan fingerprint density at radius 2 is 2.00 bits per heavy atom. The van der Waals surface area contributed by atoms with Crippen molar-refractivity contribution >= 4 is 24.0 Å². The maximum Gasteiger partial charge on any atom is 0.282 e. The lowest BCUT2D eigenvalue weighted by molar-refractivity contribution is -0.385. The Hall–Kier alpha value is -1.66. The Balaban J connectivity index is 0.00000289. The highest BCUT2D eigenvalue weighted by Gasteiger charge is 2.18. The molecule has 0 aromatic heterocycles. The second-order valence-electron chi connectivity index (χ2n) is 3.38. The van der Waals surface area contributed by atoms with Gasteiger partial charge in [-0.2, -0.15) is 0 Å². The number of amides is 1. The van der Waals surface area contributed by atoms with Gasteiger partial charge < -0.3 is 10.6 Å². The summed E-state index contributed by atoms with van der Waals surface area (Å²) in [6, 6.07) is 5.90. The van der Waals surface area contributed by atoms with Crippen molar-refractivity contribution in [1.82, 2.24) is 10.6 Å². The Kier molecular flexibility index (Phi) is 7.66. The third-order valence-electron chi connectivity index (χ3n) is 2.18. The number of hydrogen-bond acceptors (Lipinski definition) is 4. The molecule has 0 spiro atoms. The lowest BCUT2D eigenvalue weighted by Gasteiger charge is -2.05. The van der Waals surface area contributed by atoms with Crippen LogP contribution in [-0.2, 0) is 0 Å². The first-order chi connectivity index (χ1) is 8.16. The molecule has 0 fully saturated rings. The van der Waals surface area contributed by atoms with E-state index in [1.807, 2.05) is 6.92 Å². The van der Waals surface area contributed by atoms with E-state index in [9.17, 15) is 14.9 Å². The van der Waals surface area contributed by atoms with Crippen LogP contribution >= 0.6 is 12.4 Å². The van der Waals surface area contributed by atoms with Crippen molar-refractivity contribution in [2.75, 3.05) is 19.6 Å². The Labute approximate surface area is 111 Å². The van der Waals surface area contributed by atoms with Crippen LogP contribution in [0.5, 0.6) is 0 Å². The molecule has 0 saturated carbocycles. The van der Waals surface area contributed by atoms with Crippen molar-refractivity contribution < 1.29 is 9.72 Å². The first kappa shape index (κ1) is 16.3. The molecule has 0 bridgehead atoms. The summed E-state index contributed by atoms with van der Waals surface area (Å²) in [6.45, 7) is 3.87. The highest BCUT2D eigenvalue weighted by atomic mass is 35.5. The van der Waals surface area contributed by atoms with Crippen LogP contribution in [0.1, 0.15) is 17.3 Å². The maximum absolute atomic E-state index is 11.7. The van der Waals surface area contributed by atoms with E-state index < -0.39 is 10.8 Å². The molecule has 18 heavy (non-hydrogen) atoms. The molecule has 0 atom stereocenters. The summed E-state index contributed by atoms with van der Waals surface area (Å²) in [5, 5.41) is 16.4. The number of nitro benzene ring substituents is 1. The first-order valence-electron chi connectivity index (χ1n) is 5.39. The van der Waals surface area contributed by atoms with E-state index in [-0.39, 0.29) is 23.7 Å². The van der Waals surface area contributed by atoms with E-state index in [1.54, 1.807) is 6.07 Å². The minimum Gasteiger partial charge on any atom is -0.351 e. The van der Waals surface area contributed by atoms with E-state index >= 15 is 0 Å². The molecule has 0 saturated heterocycles.